The maximum Gasteiger partial charge on any atom is 0.502 e. The predicted molar refractivity (Wildman–Crippen MR) is 161 cm³/mol. The molecule has 0 saturated carbocycles. The predicted octanol–water partition coefficient (Wildman–Crippen LogP) is -1.09. The Morgan fingerprint density at radius 2 is 0.474 bits per heavy atom. The average molecular weight is 850 g/mol. The lowest BCUT2D eigenvalue weighted by atomic mass is 10.0. The molecule has 0 spiro atoms. The van der Waals surface area contributed by atoms with E-state index < -0.39 is 142 Å². The Morgan fingerprint density at radius 1 is 0.333 bits per heavy atom. The molecule has 0 amide bonds. The van der Waals surface area contributed by atoms with Crippen LogP contribution in [0.2, 0.25) is 0 Å². The molecule has 1 aromatic carbocycles. The zero-order chi connectivity index (χ0) is 43.8. The third-order valence-corrected chi connectivity index (χ3v) is 12.2. The van der Waals surface area contributed by atoms with E-state index in [1.807, 2.05) is 0 Å². The van der Waals surface area contributed by atoms with Gasteiger partial charge < -0.3 is 0 Å². The lowest BCUT2D eigenvalue weighted by Crippen LogP contribution is -2.65. The van der Waals surface area contributed by atoms with Crippen LogP contribution in [0.15, 0.2) is 31.4 Å². The molecule has 3 aliphatic carbocycles. The number of hydrogen-bond donors (Lipinski definition) is 0. The molecular weight excluding hydrogens is 850 g/mol. The molecule has 0 saturated heterocycles. The minimum absolute atomic E-state index is 0.581. The summed E-state index contributed by atoms with van der Waals surface area (Å²) in [5.41, 5.74) is -34.9. The molecule has 3 aliphatic rings. The fourth-order valence-electron chi connectivity index (χ4n) is 5.83. The number of nitrogens with zero attached hydrogens (tertiary/aromatic N) is 9. The van der Waals surface area contributed by atoms with E-state index in [0.29, 0.717) is 18.2 Å². The van der Waals surface area contributed by atoms with Crippen molar-refractivity contribution >= 4 is 63.0 Å². The summed E-state index contributed by atoms with van der Waals surface area (Å²) >= 11 is 0. The fourth-order valence-corrected chi connectivity index (χ4v) is 8.30. The van der Waals surface area contributed by atoms with E-state index in [1.165, 1.54) is 0 Å². The highest BCUT2D eigenvalue weighted by atomic mass is 32.2. The molecule has 15 nitrogen and oxygen atoms in total. The lowest BCUT2D eigenvalue weighted by molar-refractivity contribution is -0.0431. The molecule has 0 bridgehead atoms. The van der Waals surface area contributed by atoms with E-state index in [2.05, 4.69) is 0 Å². The van der Waals surface area contributed by atoms with Crippen LogP contribution in [0.1, 0.15) is 0 Å². The second-order valence-corrected chi connectivity index (χ2v) is 16.1. The summed E-state index contributed by atoms with van der Waals surface area (Å²) in [5.74, 6) is 0. The quantitative estimate of drug-likeness (QED) is 0.258. The Bertz CT molecular complexity index is 3000. The summed E-state index contributed by atoms with van der Waals surface area (Å²) < 4.78 is 200. The molecule has 57 heavy (non-hydrogen) atoms. The topological polar surface area (TPSA) is 317 Å². The van der Waals surface area contributed by atoms with E-state index in [-0.39, 0.29) is 0 Å². The van der Waals surface area contributed by atoms with Gasteiger partial charge in [0, 0.05) is 48.0 Å². The van der Waals surface area contributed by atoms with Crippen LogP contribution in [0.5, 0.6) is 0 Å². The summed E-state index contributed by atoms with van der Waals surface area (Å²) in [7, 11) is -21.0. The molecule has 0 heterocycles. The summed E-state index contributed by atoms with van der Waals surface area (Å²) in [6, 6.07) is 8.15. The molecule has 0 N–H and O–H groups in total. The monoisotopic (exact) mass is 849 g/mol. The first-order valence-electron chi connectivity index (χ1n) is 13.4. The normalized spacial score (nSPS) is 15.1. The summed E-state index contributed by atoms with van der Waals surface area (Å²) in [5, 5.41) is 81.9. The average Bonchev–Trinajstić information content (AvgIpc) is 3.71. The van der Waals surface area contributed by atoms with E-state index in [1.54, 1.807) is 0 Å². The van der Waals surface area contributed by atoms with Crippen LogP contribution in [0, 0.1) is 102 Å². The Hall–Kier alpha value is -7.71. The van der Waals surface area contributed by atoms with Crippen molar-refractivity contribution in [3.63, 3.8) is 0 Å². The van der Waals surface area contributed by atoms with Gasteiger partial charge in [0.25, 0.3) is 29.5 Å². The molecule has 0 atom stereocenters. The zero-order valence-electron chi connectivity index (χ0n) is 26.1. The van der Waals surface area contributed by atoms with Crippen LogP contribution in [-0.2, 0) is 29.5 Å². The number of allylic oxidation sites excluding steroid dienone is 6. The van der Waals surface area contributed by atoms with E-state index >= 15 is 0 Å². The molecule has 0 unspecified atom stereocenters. The van der Waals surface area contributed by atoms with Gasteiger partial charge in [0.15, 0.2) is 14.7 Å². The van der Waals surface area contributed by atoms with Crippen molar-refractivity contribution in [2.24, 2.45) is 0 Å². The standard InChI is InChI=1S/C30F9N9O6S3/c31-28(32,33)55(49,50)16(7-46)19-10(1-40)22-23(11(19)2-41)25-14(5-44)21(18(9-48)57(53,54)30(37,38)39)15(6-45)27(25)26-13(4-43)20(12(3-42)24(22)26)17(8-47)56(51,52)29(34,35)36. The fraction of sp³-hybridized carbons (Fsp3) is 0.100. The van der Waals surface area contributed by atoms with Gasteiger partial charge in [-0.3, -0.25) is 0 Å². The van der Waals surface area contributed by atoms with E-state index in [4.69, 9.17) is 0 Å². The maximum absolute atomic E-state index is 13.9. The molecule has 0 fully saturated rings. The van der Waals surface area contributed by atoms with Gasteiger partial charge in [-0.25, -0.2) is 25.3 Å². The maximum atomic E-state index is 13.9. The van der Waals surface area contributed by atoms with Crippen molar-refractivity contribution in [3.05, 3.63) is 62.7 Å². The van der Waals surface area contributed by atoms with Gasteiger partial charge >= 0.3 is 16.5 Å². The highest BCUT2D eigenvalue weighted by molar-refractivity contribution is 7.97. The number of fused-ring (bicyclic) bond motifs is 6. The Labute approximate surface area is 308 Å². The summed E-state index contributed by atoms with van der Waals surface area (Å²) in [6.45, 7) is 0. The number of nitriles is 9. The first-order chi connectivity index (χ1) is 26.2. The van der Waals surface area contributed by atoms with Crippen LogP contribution in [0.4, 0.5) is 39.5 Å². The second-order valence-electron chi connectivity index (χ2n) is 10.5. The first-order valence-corrected chi connectivity index (χ1v) is 17.9. The van der Waals surface area contributed by atoms with Gasteiger partial charge in [-0.2, -0.15) is 86.9 Å². The molecule has 4 rings (SSSR count). The molecule has 1 aromatic rings. The Morgan fingerprint density at radius 3 is 0.561 bits per heavy atom. The van der Waals surface area contributed by atoms with Crippen molar-refractivity contribution < 1.29 is 64.8 Å². The van der Waals surface area contributed by atoms with Crippen LogP contribution in [0.3, 0.4) is 0 Å². The molecule has 0 aliphatic heterocycles. The van der Waals surface area contributed by atoms with Crippen molar-refractivity contribution in [1.29, 1.82) is 47.4 Å². The summed E-state index contributed by atoms with van der Waals surface area (Å²) in [6.07, 6.45) is 0. The van der Waals surface area contributed by atoms with Crippen molar-refractivity contribution in [1.82, 2.24) is 0 Å². The molecule has 282 valence electrons. The molecule has 27 heteroatoms. The molecule has 0 radical (unpaired) electrons. The van der Waals surface area contributed by atoms with Gasteiger partial charge in [0.2, 0.25) is 0 Å². The van der Waals surface area contributed by atoms with Gasteiger partial charge in [0.05, 0.1) is 33.4 Å². The number of halogens is 9. The summed E-state index contributed by atoms with van der Waals surface area (Å²) in [4.78, 5) is -7.57. The Kier molecular flexibility index (Phi) is 9.56. The third-order valence-electron chi connectivity index (χ3n) is 7.88. The van der Waals surface area contributed by atoms with Gasteiger partial charge in [-0.1, -0.05) is 0 Å². The van der Waals surface area contributed by atoms with Gasteiger partial charge in [-0.05, 0) is 0 Å². The van der Waals surface area contributed by atoms with Gasteiger partial charge in [0.1, 0.15) is 54.6 Å². The number of hydrogen-bond acceptors (Lipinski definition) is 15. The Balaban J connectivity index is 2.93. The van der Waals surface area contributed by atoms with Crippen molar-refractivity contribution in [2.75, 3.05) is 0 Å². The van der Waals surface area contributed by atoms with Crippen molar-refractivity contribution in [2.45, 2.75) is 16.5 Å². The first kappa shape index (κ1) is 42.0. The highest BCUT2D eigenvalue weighted by Crippen LogP contribution is 2.39. The highest BCUT2D eigenvalue weighted by Gasteiger charge is 2.54. The van der Waals surface area contributed by atoms with Crippen LogP contribution < -0.4 is 31.3 Å². The van der Waals surface area contributed by atoms with Crippen LogP contribution >= 0.6 is 0 Å². The number of benzene rings is 1. The minimum Gasteiger partial charge on any atom is -0.214 e. The van der Waals surface area contributed by atoms with Crippen LogP contribution in [-0.4, -0.2) is 41.8 Å². The van der Waals surface area contributed by atoms with Crippen LogP contribution in [0.25, 0.3) is 33.4 Å². The molecule has 0 aromatic heterocycles. The largest absolute Gasteiger partial charge is 0.502 e. The third kappa shape index (κ3) is 5.33. The second kappa shape index (κ2) is 13.0. The number of sulfone groups is 3. The smallest absolute Gasteiger partial charge is 0.214 e. The number of alkyl halides is 9. The van der Waals surface area contributed by atoms with E-state index in [9.17, 15) is 112 Å². The van der Waals surface area contributed by atoms with Gasteiger partial charge in [-0.15, -0.1) is 0 Å². The minimum atomic E-state index is -7.00. The van der Waals surface area contributed by atoms with E-state index in [0.717, 1.165) is 36.4 Å². The molecular formula is C30F9N9O6S3. The number of rotatable bonds is 3. The lowest BCUT2D eigenvalue weighted by Gasteiger charge is -2.10. The zero-order valence-corrected chi connectivity index (χ0v) is 28.6. The SMILES string of the molecule is N#CC(=C1C(C#N)=c2c3c(c4c(c2=C1C#N)=C(C#N)C(=C(C#N)S(=O)(=O)C(F)(F)F)C=4C#N)=C(C#N)C(=C(C#N)S(=O)(=O)C(F)(F)F)C=3C#N)S(=O)(=O)C(F)(F)F. The van der Waals surface area contributed by atoms with Crippen molar-refractivity contribution in [3.8, 4) is 54.6 Å².